The highest BCUT2D eigenvalue weighted by molar-refractivity contribution is 6.11. The van der Waals surface area contributed by atoms with Gasteiger partial charge >= 0.3 is 0 Å². The summed E-state index contributed by atoms with van der Waals surface area (Å²) < 4.78 is 10.8. The SMILES string of the molecule is CC(=O)C1C(=O)C=C(c2ccco2)CC1c1ccco1. The van der Waals surface area contributed by atoms with Gasteiger partial charge < -0.3 is 8.83 Å². The Balaban J connectivity index is 2.02. The molecule has 0 aliphatic heterocycles. The standard InChI is InChI=1S/C16H14O4/c1-10(17)16-12(15-5-3-7-20-15)8-11(9-13(16)18)14-4-2-6-19-14/h2-7,9,12,16H,8H2,1H3. The first-order valence-electron chi connectivity index (χ1n) is 6.49. The van der Waals surface area contributed by atoms with E-state index < -0.39 is 5.92 Å². The maximum atomic E-state index is 12.3. The molecule has 2 aromatic heterocycles. The van der Waals surface area contributed by atoms with E-state index in [1.807, 2.05) is 6.07 Å². The van der Waals surface area contributed by atoms with E-state index in [1.165, 1.54) is 13.0 Å². The molecule has 1 aliphatic rings. The first kappa shape index (κ1) is 12.7. The Morgan fingerprint density at radius 1 is 1.20 bits per heavy atom. The molecule has 20 heavy (non-hydrogen) atoms. The molecule has 0 aromatic carbocycles. The summed E-state index contributed by atoms with van der Waals surface area (Å²) in [5.74, 6) is 0.0790. The van der Waals surface area contributed by atoms with Gasteiger partial charge in [0.15, 0.2) is 5.78 Å². The minimum absolute atomic E-state index is 0.133. The van der Waals surface area contributed by atoms with Gasteiger partial charge in [-0.15, -0.1) is 0 Å². The lowest BCUT2D eigenvalue weighted by Crippen LogP contribution is -2.30. The lowest BCUT2D eigenvalue weighted by molar-refractivity contribution is -0.130. The summed E-state index contributed by atoms with van der Waals surface area (Å²) >= 11 is 0. The van der Waals surface area contributed by atoms with Crippen molar-refractivity contribution in [2.75, 3.05) is 0 Å². The van der Waals surface area contributed by atoms with Crippen molar-refractivity contribution in [1.29, 1.82) is 0 Å². The summed E-state index contributed by atoms with van der Waals surface area (Å²) in [5.41, 5.74) is 0.805. The van der Waals surface area contributed by atoms with Crippen molar-refractivity contribution in [3.63, 3.8) is 0 Å². The van der Waals surface area contributed by atoms with Crippen LogP contribution in [0.4, 0.5) is 0 Å². The van der Waals surface area contributed by atoms with Crippen LogP contribution in [0.15, 0.2) is 51.7 Å². The molecule has 3 rings (SSSR count). The summed E-state index contributed by atoms with van der Waals surface area (Å²) in [7, 11) is 0. The summed E-state index contributed by atoms with van der Waals surface area (Å²) in [6.45, 7) is 1.45. The normalized spacial score (nSPS) is 22.6. The van der Waals surface area contributed by atoms with Crippen molar-refractivity contribution in [3.8, 4) is 0 Å². The molecule has 4 heteroatoms. The Kier molecular flexibility index (Phi) is 3.14. The molecule has 0 fully saturated rings. The van der Waals surface area contributed by atoms with Crippen molar-refractivity contribution in [1.82, 2.24) is 0 Å². The maximum Gasteiger partial charge on any atom is 0.167 e. The van der Waals surface area contributed by atoms with Gasteiger partial charge in [-0.2, -0.15) is 0 Å². The largest absolute Gasteiger partial charge is 0.469 e. The molecule has 2 heterocycles. The highest BCUT2D eigenvalue weighted by Gasteiger charge is 2.38. The van der Waals surface area contributed by atoms with Gasteiger partial charge in [-0.1, -0.05) is 0 Å². The molecule has 0 saturated heterocycles. The van der Waals surface area contributed by atoms with Gasteiger partial charge in [0.2, 0.25) is 0 Å². The number of hydrogen-bond acceptors (Lipinski definition) is 4. The van der Waals surface area contributed by atoms with Crippen LogP contribution in [0.3, 0.4) is 0 Å². The van der Waals surface area contributed by atoms with E-state index in [4.69, 9.17) is 8.83 Å². The molecular weight excluding hydrogens is 256 g/mol. The predicted molar refractivity (Wildman–Crippen MR) is 71.9 cm³/mol. The van der Waals surface area contributed by atoms with Crippen LogP contribution in [0.25, 0.3) is 5.57 Å². The molecule has 2 aromatic rings. The van der Waals surface area contributed by atoms with Crippen LogP contribution in [-0.2, 0) is 9.59 Å². The first-order chi connectivity index (χ1) is 9.66. The zero-order valence-corrected chi connectivity index (χ0v) is 11.0. The molecule has 0 amide bonds. The molecular formula is C16H14O4. The molecule has 1 aliphatic carbocycles. The summed E-state index contributed by atoms with van der Waals surface area (Å²) in [5, 5.41) is 0. The molecule has 102 valence electrons. The van der Waals surface area contributed by atoms with Gasteiger partial charge in [0.1, 0.15) is 17.3 Å². The predicted octanol–water partition coefficient (Wildman–Crippen LogP) is 3.22. The molecule has 0 spiro atoms. The van der Waals surface area contributed by atoms with Crippen LogP contribution in [0.5, 0.6) is 0 Å². The average Bonchev–Trinajstić information content (AvgIpc) is 3.11. The van der Waals surface area contributed by atoms with E-state index in [2.05, 4.69) is 0 Å². The number of Topliss-reactive ketones (excluding diaryl/α,β-unsaturated/α-hetero) is 1. The first-order valence-corrected chi connectivity index (χ1v) is 6.49. The molecule has 0 N–H and O–H groups in total. The third-order valence-corrected chi connectivity index (χ3v) is 3.65. The van der Waals surface area contributed by atoms with Crippen LogP contribution < -0.4 is 0 Å². The van der Waals surface area contributed by atoms with E-state index in [0.717, 1.165) is 5.57 Å². The smallest absolute Gasteiger partial charge is 0.167 e. The molecule has 2 unspecified atom stereocenters. The van der Waals surface area contributed by atoms with E-state index in [1.54, 1.807) is 30.7 Å². The van der Waals surface area contributed by atoms with Crippen LogP contribution in [0.2, 0.25) is 0 Å². The number of allylic oxidation sites excluding steroid dienone is 2. The highest BCUT2D eigenvalue weighted by Crippen LogP contribution is 2.40. The van der Waals surface area contributed by atoms with Crippen molar-refractivity contribution in [2.24, 2.45) is 5.92 Å². The van der Waals surface area contributed by atoms with E-state index in [0.29, 0.717) is 17.9 Å². The second-order valence-corrected chi connectivity index (χ2v) is 4.96. The molecule has 0 bridgehead atoms. The van der Waals surface area contributed by atoms with Gasteiger partial charge in [-0.05, 0) is 49.3 Å². The zero-order valence-electron chi connectivity index (χ0n) is 11.0. The Hall–Kier alpha value is -2.36. The zero-order chi connectivity index (χ0) is 14.1. The Bertz CT molecular complexity index is 647. The van der Waals surface area contributed by atoms with Crippen molar-refractivity contribution in [2.45, 2.75) is 19.3 Å². The number of carbonyl (C=O) groups excluding carboxylic acids is 2. The van der Waals surface area contributed by atoms with Gasteiger partial charge in [0.05, 0.1) is 18.4 Å². The molecule has 0 saturated carbocycles. The van der Waals surface area contributed by atoms with Gasteiger partial charge in [-0.3, -0.25) is 9.59 Å². The Morgan fingerprint density at radius 2 is 1.95 bits per heavy atom. The quantitative estimate of drug-likeness (QED) is 0.803. The van der Waals surface area contributed by atoms with Crippen LogP contribution in [0, 0.1) is 5.92 Å². The highest BCUT2D eigenvalue weighted by atomic mass is 16.3. The average molecular weight is 270 g/mol. The van der Waals surface area contributed by atoms with E-state index >= 15 is 0 Å². The fourth-order valence-corrected chi connectivity index (χ4v) is 2.76. The number of rotatable bonds is 3. The van der Waals surface area contributed by atoms with Gasteiger partial charge in [-0.25, -0.2) is 0 Å². The van der Waals surface area contributed by atoms with Gasteiger partial charge in [0.25, 0.3) is 0 Å². The van der Waals surface area contributed by atoms with Crippen molar-refractivity contribution >= 4 is 17.1 Å². The second kappa shape index (κ2) is 4.96. The van der Waals surface area contributed by atoms with Crippen molar-refractivity contribution < 1.29 is 18.4 Å². The van der Waals surface area contributed by atoms with E-state index in [-0.39, 0.29) is 17.5 Å². The third-order valence-electron chi connectivity index (χ3n) is 3.65. The Labute approximate surface area is 116 Å². The maximum absolute atomic E-state index is 12.3. The molecule has 4 nitrogen and oxygen atoms in total. The summed E-state index contributed by atoms with van der Waals surface area (Å²) in [6.07, 6.45) is 5.20. The lowest BCUT2D eigenvalue weighted by Gasteiger charge is -2.26. The lowest BCUT2D eigenvalue weighted by atomic mass is 9.75. The fraction of sp³-hybridized carbons (Fsp3) is 0.250. The fourth-order valence-electron chi connectivity index (χ4n) is 2.76. The third kappa shape index (κ3) is 2.13. The second-order valence-electron chi connectivity index (χ2n) is 4.96. The Morgan fingerprint density at radius 3 is 2.55 bits per heavy atom. The minimum Gasteiger partial charge on any atom is -0.469 e. The topological polar surface area (TPSA) is 60.4 Å². The van der Waals surface area contributed by atoms with Crippen LogP contribution in [-0.4, -0.2) is 11.6 Å². The van der Waals surface area contributed by atoms with Crippen molar-refractivity contribution in [3.05, 3.63) is 54.4 Å². The number of furan rings is 2. The summed E-state index contributed by atoms with van der Waals surface area (Å²) in [6, 6.07) is 7.16. The molecule has 2 atom stereocenters. The number of hydrogen-bond donors (Lipinski definition) is 0. The van der Waals surface area contributed by atoms with Gasteiger partial charge in [0, 0.05) is 5.92 Å². The molecule has 0 radical (unpaired) electrons. The number of ketones is 2. The monoisotopic (exact) mass is 270 g/mol. The van der Waals surface area contributed by atoms with E-state index in [9.17, 15) is 9.59 Å². The minimum atomic E-state index is -0.667. The number of carbonyl (C=O) groups is 2. The van der Waals surface area contributed by atoms with Crippen LogP contribution in [0.1, 0.15) is 30.8 Å². The van der Waals surface area contributed by atoms with Crippen LogP contribution >= 0.6 is 0 Å². The summed E-state index contributed by atoms with van der Waals surface area (Å²) in [4.78, 5) is 24.1.